The summed E-state index contributed by atoms with van der Waals surface area (Å²) in [6, 6.07) is 30.1. The van der Waals surface area contributed by atoms with Gasteiger partial charge in [0.15, 0.2) is 6.29 Å². The van der Waals surface area contributed by atoms with Crippen LogP contribution in [0.2, 0.25) is 0 Å². The highest BCUT2D eigenvalue weighted by molar-refractivity contribution is 7.99. The van der Waals surface area contributed by atoms with Crippen molar-refractivity contribution >= 4 is 35.2 Å². The van der Waals surface area contributed by atoms with Gasteiger partial charge in [-0.05, 0) is 53.1 Å². The summed E-state index contributed by atoms with van der Waals surface area (Å²) in [5.41, 5.74) is 5.11. The van der Waals surface area contributed by atoms with Gasteiger partial charge in [-0.2, -0.15) is 0 Å². The molecule has 4 atom stereocenters. The second-order valence-electron chi connectivity index (χ2n) is 11.3. The zero-order valence-corrected chi connectivity index (χ0v) is 25.8. The Bertz CT molecular complexity index is 1660. The third-order valence-corrected chi connectivity index (χ3v) is 9.28. The smallest absolute Gasteiger partial charge is 0.261 e. The monoisotopic (exact) mass is 622 g/mol. The molecule has 2 aliphatic rings. The van der Waals surface area contributed by atoms with Crippen LogP contribution in [0.5, 0.6) is 0 Å². The lowest BCUT2D eigenvalue weighted by Crippen LogP contribution is -2.38. The van der Waals surface area contributed by atoms with Gasteiger partial charge in [0.1, 0.15) is 0 Å². The first kappa shape index (κ1) is 30.7. The Morgan fingerprint density at radius 1 is 0.822 bits per heavy atom. The SMILES string of the molecule is CC(=O)Nc1ccc(SC[C@@H]2O[C@H](c3ccc(CN4C(=O)c5ccccc5C4=O)cc3)O[C@H](c3ccc(CO)cc3)[C@@H]2C)cc1. The number of thioether (sulfide) groups is 1. The molecular formula is C36H34N2O6S. The van der Waals surface area contributed by atoms with Gasteiger partial charge >= 0.3 is 0 Å². The van der Waals surface area contributed by atoms with Crippen LogP contribution < -0.4 is 5.32 Å². The van der Waals surface area contributed by atoms with Gasteiger partial charge in [0.2, 0.25) is 5.91 Å². The summed E-state index contributed by atoms with van der Waals surface area (Å²) in [5.74, 6) is 0.0328. The van der Waals surface area contributed by atoms with Gasteiger partial charge < -0.3 is 19.9 Å². The van der Waals surface area contributed by atoms with Crippen molar-refractivity contribution in [1.29, 1.82) is 0 Å². The Morgan fingerprint density at radius 2 is 1.42 bits per heavy atom. The highest BCUT2D eigenvalue weighted by atomic mass is 32.2. The van der Waals surface area contributed by atoms with E-state index in [0.29, 0.717) is 16.9 Å². The molecule has 2 N–H and O–H groups in total. The summed E-state index contributed by atoms with van der Waals surface area (Å²) in [4.78, 5) is 39.4. The van der Waals surface area contributed by atoms with Crippen LogP contribution in [0.4, 0.5) is 5.69 Å². The predicted octanol–water partition coefficient (Wildman–Crippen LogP) is 6.52. The van der Waals surface area contributed by atoms with E-state index in [1.807, 2.05) is 72.8 Å². The average molecular weight is 623 g/mol. The first-order valence-electron chi connectivity index (χ1n) is 14.9. The molecule has 0 saturated carbocycles. The largest absolute Gasteiger partial charge is 0.392 e. The fraction of sp³-hybridized carbons (Fsp3) is 0.250. The molecule has 45 heavy (non-hydrogen) atoms. The summed E-state index contributed by atoms with van der Waals surface area (Å²) < 4.78 is 13.1. The minimum absolute atomic E-state index is 0.0276. The molecule has 0 spiro atoms. The van der Waals surface area contributed by atoms with Crippen LogP contribution in [0.1, 0.15) is 69.2 Å². The van der Waals surface area contributed by atoms with E-state index in [1.165, 1.54) is 11.8 Å². The lowest BCUT2D eigenvalue weighted by atomic mass is 9.91. The molecule has 2 aliphatic heterocycles. The molecule has 9 heteroatoms. The fourth-order valence-corrected chi connectivity index (χ4v) is 6.74. The molecule has 0 bridgehead atoms. The van der Waals surface area contributed by atoms with Crippen molar-refractivity contribution in [3.8, 4) is 0 Å². The molecule has 230 valence electrons. The van der Waals surface area contributed by atoms with Gasteiger partial charge in [-0.1, -0.05) is 67.6 Å². The molecule has 0 unspecified atom stereocenters. The third-order valence-electron chi connectivity index (χ3n) is 8.18. The van der Waals surface area contributed by atoms with E-state index in [9.17, 15) is 19.5 Å². The van der Waals surface area contributed by atoms with Crippen LogP contribution in [0, 0.1) is 5.92 Å². The van der Waals surface area contributed by atoms with Crippen LogP contribution in [-0.2, 0) is 27.4 Å². The van der Waals surface area contributed by atoms with Crippen LogP contribution in [0.15, 0.2) is 102 Å². The maximum absolute atomic E-state index is 12.9. The van der Waals surface area contributed by atoms with E-state index in [1.54, 1.807) is 36.0 Å². The quantitative estimate of drug-likeness (QED) is 0.162. The van der Waals surface area contributed by atoms with Crippen molar-refractivity contribution in [2.24, 2.45) is 5.92 Å². The zero-order valence-electron chi connectivity index (χ0n) is 25.0. The number of nitrogens with one attached hydrogen (secondary N) is 1. The summed E-state index contributed by atoms with van der Waals surface area (Å²) >= 11 is 1.68. The number of benzene rings is 4. The first-order chi connectivity index (χ1) is 21.8. The van der Waals surface area contributed by atoms with E-state index in [2.05, 4.69) is 12.2 Å². The second-order valence-corrected chi connectivity index (χ2v) is 12.4. The van der Waals surface area contributed by atoms with Crippen LogP contribution >= 0.6 is 11.8 Å². The van der Waals surface area contributed by atoms with E-state index >= 15 is 0 Å². The van der Waals surface area contributed by atoms with Gasteiger partial charge in [0.25, 0.3) is 11.8 Å². The Balaban J connectivity index is 1.19. The van der Waals surface area contributed by atoms with Crippen LogP contribution in [0.3, 0.4) is 0 Å². The second kappa shape index (κ2) is 13.4. The number of hydrogen-bond donors (Lipinski definition) is 2. The molecule has 1 fully saturated rings. The zero-order chi connectivity index (χ0) is 31.5. The molecular weight excluding hydrogens is 588 g/mol. The normalized spacial score (nSPS) is 21.1. The molecule has 8 nitrogen and oxygen atoms in total. The number of anilines is 1. The average Bonchev–Trinajstić information content (AvgIpc) is 3.30. The highest BCUT2D eigenvalue weighted by Gasteiger charge is 2.39. The number of rotatable bonds is 9. The van der Waals surface area contributed by atoms with E-state index < -0.39 is 6.29 Å². The molecule has 6 rings (SSSR count). The first-order valence-corrected chi connectivity index (χ1v) is 15.8. The van der Waals surface area contributed by atoms with Crippen molar-refractivity contribution in [2.45, 2.75) is 50.4 Å². The molecule has 0 aromatic heterocycles. The summed E-state index contributed by atoms with van der Waals surface area (Å²) in [7, 11) is 0. The molecule has 0 aliphatic carbocycles. The van der Waals surface area contributed by atoms with Gasteiger partial charge in [-0.3, -0.25) is 19.3 Å². The van der Waals surface area contributed by atoms with Gasteiger partial charge in [-0.15, -0.1) is 11.8 Å². The van der Waals surface area contributed by atoms with Gasteiger partial charge in [-0.25, -0.2) is 0 Å². The number of carbonyl (C=O) groups is 3. The number of aliphatic hydroxyl groups excluding tert-OH is 1. The number of fused-ring (bicyclic) bond motifs is 1. The van der Waals surface area contributed by atoms with Gasteiger partial charge in [0, 0.05) is 34.7 Å². The van der Waals surface area contributed by atoms with Crippen molar-refractivity contribution in [3.05, 3.63) is 130 Å². The summed E-state index contributed by atoms with van der Waals surface area (Å²) in [6.07, 6.45) is -1.03. The molecule has 0 radical (unpaired) electrons. The van der Waals surface area contributed by atoms with Gasteiger partial charge in [0.05, 0.1) is 36.5 Å². The highest BCUT2D eigenvalue weighted by Crippen LogP contribution is 2.43. The number of aliphatic hydroxyl groups is 1. The Morgan fingerprint density at radius 3 is 2.02 bits per heavy atom. The van der Waals surface area contributed by atoms with Crippen LogP contribution in [0.25, 0.3) is 0 Å². The number of nitrogens with zero attached hydrogens (tertiary/aromatic N) is 1. The number of carbonyl (C=O) groups excluding carboxylic acids is 3. The molecule has 4 aromatic carbocycles. The summed E-state index contributed by atoms with van der Waals surface area (Å²) in [5, 5.41) is 12.3. The minimum Gasteiger partial charge on any atom is -0.392 e. The van der Waals surface area contributed by atoms with E-state index in [-0.39, 0.29) is 49.0 Å². The molecule has 3 amide bonds. The summed E-state index contributed by atoms with van der Waals surface area (Å²) in [6.45, 7) is 3.76. The predicted molar refractivity (Wildman–Crippen MR) is 172 cm³/mol. The molecule has 2 heterocycles. The van der Waals surface area contributed by atoms with E-state index in [4.69, 9.17) is 9.47 Å². The maximum atomic E-state index is 12.9. The molecule has 4 aromatic rings. The number of ether oxygens (including phenoxy) is 2. The van der Waals surface area contributed by atoms with Crippen molar-refractivity contribution in [2.75, 3.05) is 11.1 Å². The Hall–Kier alpha value is -4.28. The topological polar surface area (TPSA) is 105 Å². The van der Waals surface area contributed by atoms with Crippen molar-refractivity contribution in [1.82, 2.24) is 4.90 Å². The lowest BCUT2D eigenvalue weighted by molar-refractivity contribution is -0.268. The maximum Gasteiger partial charge on any atom is 0.261 e. The Labute approximate surface area is 266 Å². The number of amides is 3. The Kier molecular flexibility index (Phi) is 9.14. The van der Waals surface area contributed by atoms with Crippen molar-refractivity contribution in [3.63, 3.8) is 0 Å². The van der Waals surface area contributed by atoms with Crippen molar-refractivity contribution < 1.29 is 29.0 Å². The van der Waals surface area contributed by atoms with Crippen LogP contribution in [-0.4, -0.2) is 39.6 Å². The minimum atomic E-state index is -0.634. The number of imide groups is 1. The van der Waals surface area contributed by atoms with E-state index in [0.717, 1.165) is 32.8 Å². The third kappa shape index (κ3) is 6.72. The molecule has 1 saturated heterocycles. The standard InChI is InChI=1S/C36H34N2O6S/c1-22-32(21-45-29-17-15-28(16-18-29)37-23(2)40)43-36(44-33(22)26-11-9-25(20-39)10-12-26)27-13-7-24(8-14-27)19-38-34(41)30-5-3-4-6-31(30)35(38)42/h3-18,22,32-33,36,39H,19-21H2,1-2H3,(H,37,40)/t22-,32+,33+,36+/m1/s1. The lowest BCUT2D eigenvalue weighted by Gasteiger charge is -2.41. The fourth-order valence-electron chi connectivity index (χ4n) is 5.67. The number of hydrogen-bond acceptors (Lipinski definition) is 7.